The number of fused-ring (bicyclic) bond motifs is 1. The van der Waals surface area contributed by atoms with Gasteiger partial charge in [-0.3, -0.25) is 4.90 Å². The van der Waals surface area contributed by atoms with Crippen LogP contribution < -0.4 is 15.4 Å². The summed E-state index contributed by atoms with van der Waals surface area (Å²) in [7, 11) is 1.68. The SMILES string of the molecule is COCCOc1ccc(N2CCN(CCCc3cc4nc(-c5ccco5)nn4c(N)n3)CC2)cc1. The van der Waals surface area contributed by atoms with Crippen LogP contribution >= 0.6 is 0 Å². The topological polar surface area (TPSA) is 107 Å². The van der Waals surface area contributed by atoms with Crippen LogP contribution in [0.25, 0.3) is 17.2 Å². The van der Waals surface area contributed by atoms with E-state index in [4.69, 9.17) is 19.6 Å². The number of anilines is 2. The van der Waals surface area contributed by atoms with E-state index in [1.807, 2.05) is 30.3 Å². The molecule has 1 fully saturated rings. The van der Waals surface area contributed by atoms with Gasteiger partial charge in [0.25, 0.3) is 0 Å². The number of nitrogens with two attached hydrogens (primary N) is 1. The van der Waals surface area contributed by atoms with Crippen LogP contribution in [0.1, 0.15) is 12.1 Å². The number of aryl methyl sites for hydroxylation is 1. The fourth-order valence-electron chi connectivity index (χ4n) is 4.31. The van der Waals surface area contributed by atoms with Gasteiger partial charge in [0.05, 0.1) is 12.9 Å². The van der Waals surface area contributed by atoms with Crippen LogP contribution in [0.2, 0.25) is 0 Å². The smallest absolute Gasteiger partial charge is 0.223 e. The zero-order valence-corrected chi connectivity index (χ0v) is 20.0. The molecule has 4 heterocycles. The summed E-state index contributed by atoms with van der Waals surface area (Å²) in [6.45, 7) is 6.28. The van der Waals surface area contributed by atoms with Gasteiger partial charge in [-0.15, -0.1) is 5.10 Å². The lowest BCUT2D eigenvalue weighted by Crippen LogP contribution is -2.46. The van der Waals surface area contributed by atoms with E-state index < -0.39 is 0 Å². The second-order valence-corrected chi connectivity index (χ2v) is 8.56. The number of furan rings is 1. The van der Waals surface area contributed by atoms with E-state index in [2.05, 4.69) is 37.0 Å². The first kappa shape index (κ1) is 23.1. The summed E-state index contributed by atoms with van der Waals surface area (Å²) in [5.41, 5.74) is 8.99. The number of hydrogen-bond donors (Lipinski definition) is 1. The molecule has 0 spiro atoms. The van der Waals surface area contributed by atoms with Crippen LogP contribution in [0, 0.1) is 0 Å². The number of piperazine rings is 1. The highest BCUT2D eigenvalue weighted by Crippen LogP contribution is 2.21. The number of methoxy groups -OCH3 is 1. The van der Waals surface area contributed by atoms with Crippen molar-refractivity contribution in [2.24, 2.45) is 0 Å². The molecule has 2 N–H and O–H groups in total. The Morgan fingerprint density at radius 2 is 1.86 bits per heavy atom. The summed E-state index contributed by atoms with van der Waals surface area (Å²) in [4.78, 5) is 14.0. The Balaban J connectivity index is 1.09. The second kappa shape index (κ2) is 10.7. The van der Waals surface area contributed by atoms with E-state index in [1.54, 1.807) is 17.9 Å². The minimum Gasteiger partial charge on any atom is -0.491 e. The van der Waals surface area contributed by atoms with Crippen molar-refractivity contribution in [3.8, 4) is 17.3 Å². The molecule has 0 aliphatic carbocycles. The third-order valence-electron chi connectivity index (χ3n) is 6.18. The molecular weight excluding hydrogens is 446 g/mol. The quantitative estimate of drug-likeness (QED) is 0.345. The molecule has 0 unspecified atom stereocenters. The van der Waals surface area contributed by atoms with Crippen LogP contribution in [-0.4, -0.2) is 77.5 Å². The molecule has 0 bridgehead atoms. The average Bonchev–Trinajstić information content (AvgIpc) is 3.56. The molecule has 4 aromatic rings. The molecule has 0 amide bonds. The Morgan fingerprint density at radius 3 is 2.60 bits per heavy atom. The van der Waals surface area contributed by atoms with Gasteiger partial charge >= 0.3 is 0 Å². The van der Waals surface area contributed by atoms with E-state index in [0.717, 1.165) is 57.0 Å². The van der Waals surface area contributed by atoms with Gasteiger partial charge in [0.1, 0.15) is 12.4 Å². The number of ether oxygens (including phenoxy) is 2. The molecule has 10 nitrogen and oxygen atoms in total. The van der Waals surface area contributed by atoms with E-state index >= 15 is 0 Å². The van der Waals surface area contributed by atoms with Crippen molar-refractivity contribution in [1.82, 2.24) is 24.5 Å². The largest absolute Gasteiger partial charge is 0.491 e. The molecule has 0 atom stereocenters. The van der Waals surface area contributed by atoms with Crippen molar-refractivity contribution < 1.29 is 13.9 Å². The third kappa shape index (κ3) is 5.55. The maximum absolute atomic E-state index is 6.14. The van der Waals surface area contributed by atoms with Gasteiger partial charge in [0.15, 0.2) is 11.4 Å². The molecule has 1 aliphatic heterocycles. The van der Waals surface area contributed by atoms with Gasteiger partial charge in [0, 0.05) is 50.7 Å². The van der Waals surface area contributed by atoms with Gasteiger partial charge in [-0.2, -0.15) is 4.52 Å². The normalized spacial score (nSPS) is 14.6. The van der Waals surface area contributed by atoms with Crippen LogP contribution in [0.5, 0.6) is 5.75 Å². The molecule has 10 heteroatoms. The fourth-order valence-corrected chi connectivity index (χ4v) is 4.31. The Morgan fingerprint density at radius 1 is 1.03 bits per heavy atom. The summed E-state index contributed by atoms with van der Waals surface area (Å²) in [6, 6.07) is 13.9. The number of hydrogen-bond acceptors (Lipinski definition) is 9. The summed E-state index contributed by atoms with van der Waals surface area (Å²) >= 11 is 0. The molecule has 0 saturated carbocycles. The predicted octanol–water partition coefficient (Wildman–Crippen LogP) is 2.75. The highest BCUT2D eigenvalue weighted by molar-refractivity contribution is 5.54. The van der Waals surface area contributed by atoms with Gasteiger partial charge < -0.3 is 24.5 Å². The lowest BCUT2D eigenvalue weighted by molar-refractivity contribution is 0.146. The van der Waals surface area contributed by atoms with Crippen LogP contribution in [-0.2, 0) is 11.2 Å². The van der Waals surface area contributed by atoms with Crippen molar-refractivity contribution in [2.45, 2.75) is 12.8 Å². The number of benzene rings is 1. The predicted molar refractivity (Wildman–Crippen MR) is 134 cm³/mol. The molecule has 3 aromatic heterocycles. The Hall–Kier alpha value is -3.63. The molecule has 1 aromatic carbocycles. The first-order valence-electron chi connectivity index (χ1n) is 11.9. The maximum atomic E-state index is 6.14. The van der Waals surface area contributed by atoms with Crippen LogP contribution in [0.4, 0.5) is 11.6 Å². The first-order valence-corrected chi connectivity index (χ1v) is 11.9. The number of aromatic nitrogens is 4. The van der Waals surface area contributed by atoms with Crippen molar-refractivity contribution in [1.29, 1.82) is 0 Å². The Bertz CT molecular complexity index is 1220. The minimum absolute atomic E-state index is 0.339. The zero-order valence-electron chi connectivity index (χ0n) is 20.0. The molecule has 1 aliphatic rings. The summed E-state index contributed by atoms with van der Waals surface area (Å²) in [5.74, 6) is 2.33. The minimum atomic E-state index is 0.339. The van der Waals surface area contributed by atoms with Gasteiger partial charge in [-0.1, -0.05) is 0 Å². The van der Waals surface area contributed by atoms with E-state index in [1.165, 1.54) is 5.69 Å². The monoisotopic (exact) mass is 477 g/mol. The van der Waals surface area contributed by atoms with Crippen molar-refractivity contribution >= 4 is 17.3 Å². The molecule has 35 heavy (non-hydrogen) atoms. The van der Waals surface area contributed by atoms with Crippen LogP contribution in [0.15, 0.2) is 53.1 Å². The van der Waals surface area contributed by atoms with Crippen LogP contribution in [0.3, 0.4) is 0 Å². The first-order chi connectivity index (χ1) is 17.2. The fraction of sp³-hybridized carbons (Fsp3) is 0.400. The Kier molecular flexibility index (Phi) is 7.10. The molecule has 184 valence electrons. The molecule has 5 rings (SSSR count). The van der Waals surface area contributed by atoms with Crippen molar-refractivity contribution in [3.05, 3.63) is 54.4 Å². The third-order valence-corrected chi connectivity index (χ3v) is 6.18. The molecular formula is C25H31N7O3. The van der Waals surface area contributed by atoms with Gasteiger partial charge in [-0.25, -0.2) is 9.97 Å². The van der Waals surface area contributed by atoms with Gasteiger partial charge in [0.2, 0.25) is 11.8 Å². The highest BCUT2D eigenvalue weighted by Gasteiger charge is 2.17. The Labute approximate surface area is 204 Å². The molecule has 0 radical (unpaired) electrons. The van der Waals surface area contributed by atoms with Crippen molar-refractivity contribution in [3.63, 3.8) is 0 Å². The van der Waals surface area contributed by atoms with E-state index in [-0.39, 0.29) is 0 Å². The number of nitrogen functional groups attached to an aromatic ring is 1. The molecule has 1 saturated heterocycles. The van der Waals surface area contributed by atoms with Crippen molar-refractivity contribution in [2.75, 3.05) is 63.7 Å². The van der Waals surface area contributed by atoms with E-state index in [9.17, 15) is 0 Å². The lowest BCUT2D eigenvalue weighted by Gasteiger charge is -2.36. The van der Waals surface area contributed by atoms with E-state index in [0.29, 0.717) is 36.4 Å². The summed E-state index contributed by atoms with van der Waals surface area (Å²) < 4.78 is 17.6. The number of rotatable bonds is 10. The summed E-state index contributed by atoms with van der Waals surface area (Å²) in [5, 5.41) is 4.40. The maximum Gasteiger partial charge on any atom is 0.223 e. The summed E-state index contributed by atoms with van der Waals surface area (Å²) in [6.07, 6.45) is 3.45. The number of nitrogens with zero attached hydrogens (tertiary/aromatic N) is 6. The average molecular weight is 478 g/mol. The highest BCUT2D eigenvalue weighted by atomic mass is 16.5. The lowest BCUT2D eigenvalue weighted by atomic mass is 10.2. The second-order valence-electron chi connectivity index (χ2n) is 8.56. The zero-order chi connectivity index (χ0) is 24.0. The standard InChI is InChI=1S/C25H31N7O3/c1-33-16-17-34-21-8-6-20(7-9-21)31-13-11-30(12-14-31)10-2-4-19-18-23-28-24(22-5-3-15-35-22)29-32(23)25(26)27-19/h3,5-9,15,18H,2,4,10-14,16-17H2,1H3,(H2,26,27). The van der Waals surface area contributed by atoms with Gasteiger partial charge in [-0.05, 0) is 55.8 Å².